The van der Waals surface area contributed by atoms with Crippen molar-refractivity contribution in [1.29, 1.82) is 5.26 Å². The molecule has 1 amide bonds. The Hall–Kier alpha value is -2.91. The molecule has 1 aromatic carbocycles. The third kappa shape index (κ3) is 4.30. The van der Waals surface area contributed by atoms with Gasteiger partial charge >= 0.3 is 0 Å². The summed E-state index contributed by atoms with van der Waals surface area (Å²) in [6.07, 6.45) is 3.12. The minimum absolute atomic E-state index is 0.209. The molecular formula is C16H16N4O2. The predicted octanol–water partition coefficient (Wildman–Crippen LogP) is 2.07. The summed E-state index contributed by atoms with van der Waals surface area (Å²) >= 11 is 0. The molecule has 0 aliphatic heterocycles. The van der Waals surface area contributed by atoms with E-state index in [2.05, 4.69) is 21.7 Å². The van der Waals surface area contributed by atoms with Crippen LogP contribution in [0.2, 0.25) is 0 Å². The Morgan fingerprint density at radius 1 is 1.32 bits per heavy atom. The maximum atomic E-state index is 11.9. The highest BCUT2D eigenvalue weighted by molar-refractivity contribution is 5.94. The van der Waals surface area contributed by atoms with Crippen molar-refractivity contribution >= 4 is 17.3 Å². The van der Waals surface area contributed by atoms with Crippen LogP contribution >= 0.6 is 0 Å². The predicted molar refractivity (Wildman–Crippen MR) is 82.9 cm³/mol. The summed E-state index contributed by atoms with van der Waals surface area (Å²) in [5.74, 6) is -0.209. The summed E-state index contributed by atoms with van der Waals surface area (Å²) in [5.41, 5.74) is 2.45. The molecule has 0 fully saturated rings. The highest BCUT2D eigenvalue weighted by atomic mass is 16.5. The number of carbonyl (C=O) groups is 1. The maximum absolute atomic E-state index is 11.9. The summed E-state index contributed by atoms with van der Waals surface area (Å²) in [6, 6.07) is 10.9. The van der Waals surface area contributed by atoms with Gasteiger partial charge in [0.15, 0.2) is 0 Å². The quantitative estimate of drug-likeness (QED) is 0.797. The fourth-order valence-electron chi connectivity index (χ4n) is 1.83. The summed E-state index contributed by atoms with van der Waals surface area (Å²) in [4.78, 5) is 16.0. The minimum Gasteiger partial charge on any atom is -0.383 e. The lowest BCUT2D eigenvalue weighted by Crippen LogP contribution is -2.27. The second kappa shape index (κ2) is 7.76. The Morgan fingerprint density at radius 3 is 2.95 bits per heavy atom. The van der Waals surface area contributed by atoms with E-state index in [0.717, 1.165) is 5.69 Å². The summed E-state index contributed by atoms with van der Waals surface area (Å²) in [5, 5.41) is 14.8. The van der Waals surface area contributed by atoms with Crippen LogP contribution in [0.4, 0.5) is 11.4 Å². The highest BCUT2D eigenvalue weighted by Gasteiger charge is 2.06. The molecule has 1 aromatic heterocycles. The monoisotopic (exact) mass is 296 g/mol. The molecule has 0 atom stereocenters. The van der Waals surface area contributed by atoms with Crippen molar-refractivity contribution in [3.63, 3.8) is 0 Å². The van der Waals surface area contributed by atoms with Crippen LogP contribution in [-0.2, 0) is 4.74 Å². The Balaban J connectivity index is 2.08. The van der Waals surface area contributed by atoms with Crippen molar-refractivity contribution in [2.75, 3.05) is 25.6 Å². The van der Waals surface area contributed by atoms with Crippen LogP contribution < -0.4 is 10.6 Å². The number of hydrogen-bond acceptors (Lipinski definition) is 5. The van der Waals surface area contributed by atoms with Crippen LogP contribution in [0.25, 0.3) is 0 Å². The van der Waals surface area contributed by atoms with Crippen LogP contribution in [0, 0.1) is 11.3 Å². The summed E-state index contributed by atoms with van der Waals surface area (Å²) in [6.45, 7) is 0.898. The zero-order valence-corrected chi connectivity index (χ0v) is 12.2. The number of carbonyl (C=O) groups excluding carboxylic acids is 1. The van der Waals surface area contributed by atoms with E-state index in [-0.39, 0.29) is 5.91 Å². The van der Waals surface area contributed by atoms with Crippen molar-refractivity contribution in [3.05, 3.63) is 53.9 Å². The number of aromatic nitrogens is 1. The van der Waals surface area contributed by atoms with Gasteiger partial charge in [-0.25, -0.2) is 0 Å². The van der Waals surface area contributed by atoms with Gasteiger partial charge < -0.3 is 15.4 Å². The van der Waals surface area contributed by atoms with E-state index in [4.69, 9.17) is 10.00 Å². The lowest BCUT2D eigenvalue weighted by Gasteiger charge is -2.08. The molecule has 1 heterocycles. The molecule has 6 heteroatoms. The van der Waals surface area contributed by atoms with Crippen LogP contribution in [0.15, 0.2) is 42.7 Å². The first-order valence-corrected chi connectivity index (χ1v) is 6.72. The molecule has 2 aromatic rings. The van der Waals surface area contributed by atoms with Gasteiger partial charge in [-0.3, -0.25) is 9.78 Å². The number of anilines is 2. The number of amides is 1. The first kappa shape index (κ1) is 15.5. The average Bonchev–Trinajstić information content (AvgIpc) is 2.55. The standard InChI is InChI=1S/C16H16N4O2/c1-22-6-5-19-16(21)13-8-15(11-18-10-13)20-14-4-2-3-12(7-14)9-17/h2-4,7-8,10-11,20H,5-6H2,1H3,(H,19,21). The molecule has 0 unspecified atom stereocenters. The first-order chi connectivity index (χ1) is 10.7. The summed E-state index contributed by atoms with van der Waals surface area (Å²) < 4.78 is 4.88. The van der Waals surface area contributed by atoms with E-state index in [1.54, 1.807) is 37.6 Å². The lowest BCUT2D eigenvalue weighted by atomic mass is 10.2. The Morgan fingerprint density at radius 2 is 2.18 bits per heavy atom. The number of methoxy groups -OCH3 is 1. The molecule has 0 spiro atoms. The second-order valence-electron chi connectivity index (χ2n) is 4.53. The van der Waals surface area contributed by atoms with E-state index in [1.807, 2.05) is 6.07 Å². The molecule has 0 radical (unpaired) electrons. The Bertz CT molecular complexity index is 695. The van der Waals surface area contributed by atoms with Gasteiger partial charge in [0.05, 0.1) is 35.7 Å². The third-order valence-corrected chi connectivity index (χ3v) is 2.87. The number of rotatable bonds is 6. The van der Waals surface area contributed by atoms with E-state index in [1.165, 1.54) is 6.20 Å². The van der Waals surface area contributed by atoms with Crippen molar-refractivity contribution in [2.24, 2.45) is 0 Å². The second-order valence-corrected chi connectivity index (χ2v) is 4.53. The molecule has 0 saturated heterocycles. The normalized spacial score (nSPS) is 9.82. The summed E-state index contributed by atoms with van der Waals surface area (Å²) in [7, 11) is 1.58. The fourth-order valence-corrected chi connectivity index (χ4v) is 1.83. The fraction of sp³-hybridized carbons (Fsp3) is 0.188. The van der Waals surface area contributed by atoms with E-state index < -0.39 is 0 Å². The molecule has 0 bridgehead atoms. The van der Waals surface area contributed by atoms with Crippen molar-refractivity contribution in [3.8, 4) is 6.07 Å². The number of nitrogens with one attached hydrogen (secondary N) is 2. The molecular weight excluding hydrogens is 280 g/mol. The average molecular weight is 296 g/mol. The van der Waals surface area contributed by atoms with Gasteiger partial charge in [-0.2, -0.15) is 5.26 Å². The van der Waals surface area contributed by atoms with E-state index >= 15 is 0 Å². The number of benzene rings is 1. The van der Waals surface area contributed by atoms with Crippen LogP contribution in [-0.4, -0.2) is 31.2 Å². The molecule has 0 aliphatic rings. The first-order valence-electron chi connectivity index (χ1n) is 6.72. The van der Waals surface area contributed by atoms with Crippen LogP contribution in [0.5, 0.6) is 0 Å². The zero-order chi connectivity index (χ0) is 15.8. The third-order valence-electron chi connectivity index (χ3n) is 2.87. The molecule has 0 saturated carbocycles. The van der Waals surface area contributed by atoms with Crippen molar-refractivity contribution < 1.29 is 9.53 Å². The number of pyridine rings is 1. The van der Waals surface area contributed by atoms with E-state index in [9.17, 15) is 4.79 Å². The molecule has 22 heavy (non-hydrogen) atoms. The van der Waals surface area contributed by atoms with Crippen LogP contribution in [0.1, 0.15) is 15.9 Å². The van der Waals surface area contributed by atoms with Gasteiger partial charge in [-0.1, -0.05) is 6.07 Å². The van der Waals surface area contributed by atoms with E-state index in [0.29, 0.717) is 30.0 Å². The number of ether oxygens (including phenoxy) is 1. The van der Waals surface area contributed by atoms with Crippen molar-refractivity contribution in [2.45, 2.75) is 0 Å². The van der Waals surface area contributed by atoms with Gasteiger partial charge in [-0.05, 0) is 24.3 Å². The molecule has 2 N–H and O–H groups in total. The number of nitriles is 1. The van der Waals surface area contributed by atoms with Gasteiger partial charge in [0.2, 0.25) is 0 Å². The topological polar surface area (TPSA) is 87.0 Å². The number of hydrogen-bond donors (Lipinski definition) is 2. The minimum atomic E-state index is -0.209. The molecule has 6 nitrogen and oxygen atoms in total. The van der Waals surface area contributed by atoms with Gasteiger partial charge in [0, 0.05) is 25.5 Å². The van der Waals surface area contributed by atoms with Gasteiger partial charge in [0.25, 0.3) is 5.91 Å². The Labute approximate surface area is 128 Å². The molecule has 2 rings (SSSR count). The lowest BCUT2D eigenvalue weighted by molar-refractivity contribution is 0.0937. The number of nitrogens with zero attached hydrogens (tertiary/aromatic N) is 2. The maximum Gasteiger partial charge on any atom is 0.253 e. The zero-order valence-electron chi connectivity index (χ0n) is 12.2. The SMILES string of the molecule is COCCNC(=O)c1cncc(Nc2cccc(C#N)c2)c1. The molecule has 0 aliphatic carbocycles. The van der Waals surface area contributed by atoms with Crippen LogP contribution in [0.3, 0.4) is 0 Å². The van der Waals surface area contributed by atoms with Crippen molar-refractivity contribution in [1.82, 2.24) is 10.3 Å². The largest absolute Gasteiger partial charge is 0.383 e. The molecule has 112 valence electrons. The Kier molecular flexibility index (Phi) is 5.46. The highest BCUT2D eigenvalue weighted by Crippen LogP contribution is 2.17. The van der Waals surface area contributed by atoms with Gasteiger partial charge in [-0.15, -0.1) is 0 Å². The smallest absolute Gasteiger partial charge is 0.253 e. The van der Waals surface area contributed by atoms with Gasteiger partial charge in [0.1, 0.15) is 0 Å².